The summed E-state index contributed by atoms with van der Waals surface area (Å²) >= 11 is 0. The number of piperazine rings is 1. The van der Waals surface area contributed by atoms with Crippen molar-refractivity contribution < 1.29 is 14.3 Å². The number of amides is 3. The summed E-state index contributed by atoms with van der Waals surface area (Å²) in [5.41, 5.74) is 2.92. The number of urea groups is 1. The number of aromatic nitrogens is 4. The zero-order valence-corrected chi connectivity index (χ0v) is 21.7. The van der Waals surface area contributed by atoms with Gasteiger partial charge in [0.15, 0.2) is 0 Å². The van der Waals surface area contributed by atoms with E-state index in [-0.39, 0.29) is 17.7 Å². The molecule has 3 aromatic rings. The molecule has 194 valence electrons. The first-order valence-corrected chi connectivity index (χ1v) is 12.8. The van der Waals surface area contributed by atoms with Crippen LogP contribution in [0.25, 0.3) is 5.78 Å². The Bertz CT molecular complexity index is 1390. The van der Waals surface area contributed by atoms with Gasteiger partial charge in [0.2, 0.25) is 5.78 Å². The Balaban J connectivity index is 1.18. The number of nitrogens with zero attached hydrogens (tertiary/aromatic N) is 7. The molecule has 0 unspecified atom stereocenters. The molecule has 0 atom stereocenters. The van der Waals surface area contributed by atoms with E-state index < -0.39 is 5.60 Å². The maximum absolute atomic E-state index is 13.2. The predicted octanol–water partition coefficient (Wildman–Crippen LogP) is 3.62. The van der Waals surface area contributed by atoms with E-state index in [4.69, 9.17) is 4.74 Å². The summed E-state index contributed by atoms with van der Waals surface area (Å²) in [6, 6.07) is 1.79. The lowest BCUT2D eigenvalue weighted by Crippen LogP contribution is -2.58. The first kappa shape index (κ1) is 23.5. The van der Waals surface area contributed by atoms with Gasteiger partial charge in [-0.15, -0.1) is 0 Å². The van der Waals surface area contributed by atoms with E-state index in [9.17, 15) is 9.59 Å². The quantitative estimate of drug-likeness (QED) is 0.568. The van der Waals surface area contributed by atoms with Gasteiger partial charge in [-0.25, -0.2) is 24.5 Å². The number of carbonyl (C=O) groups excluding carboxylic acids is 2. The van der Waals surface area contributed by atoms with Gasteiger partial charge in [-0.05, 0) is 53.0 Å². The van der Waals surface area contributed by atoms with Gasteiger partial charge in [0, 0.05) is 56.0 Å². The second-order valence-corrected chi connectivity index (χ2v) is 11.2. The highest BCUT2D eigenvalue weighted by Crippen LogP contribution is 2.46. The number of nitrogens with one attached hydrogen (secondary N) is 1. The average Bonchev–Trinajstić information content (AvgIpc) is 3.27. The number of hydrogen-bond acceptors (Lipinski definition) is 7. The van der Waals surface area contributed by atoms with Crippen LogP contribution in [0, 0.1) is 6.92 Å². The van der Waals surface area contributed by atoms with Crippen molar-refractivity contribution in [1.29, 1.82) is 0 Å². The summed E-state index contributed by atoms with van der Waals surface area (Å²) < 4.78 is 7.48. The number of fused-ring (bicyclic) bond motifs is 2. The predicted molar refractivity (Wildman–Crippen MR) is 139 cm³/mol. The number of aryl methyl sites for hydroxylation is 1. The Labute approximate surface area is 215 Å². The fourth-order valence-corrected chi connectivity index (χ4v) is 5.38. The van der Waals surface area contributed by atoms with Crippen molar-refractivity contribution in [3.8, 4) is 0 Å². The van der Waals surface area contributed by atoms with Crippen molar-refractivity contribution >= 4 is 35.1 Å². The van der Waals surface area contributed by atoms with E-state index >= 15 is 0 Å². The molecule has 3 aliphatic rings. The Morgan fingerprint density at radius 2 is 1.92 bits per heavy atom. The first-order valence-electron chi connectivity index (χ1n) is 12.8. The lowest BCUT2D eigenvalue weighted by Gasteiger charge is -2.43. The third kappa shape index (κ3) is 4.32. The second kappa shape index (κ2) is 8.32. The van der Waals surface area contributed by atoms with Crippen molar-refractivity contribution in [2.75, 3.05) is 41.3 Å². The van der Waals surface area contributed by atoms with Gasteiger partial charge in [-0.2, -0.15) is 0 Å². The summed E-state index contributed by atoms with van der Waals surface area (Å²) in [7, 11) is 0. The van der Waals surface area contributed by atoms with Gasteiger partial charge in [0.1, 0.15) is 11.4 Å². The molecule has 2 fully saturated rings. The molecule has 2 aliphatic heterocycles. The zero-order chi connectivity index (χ0) is 25.9. The first-order chi connectivity index (χ1) is 17.6. The van der Waals surface area contributed by atoms with Crippen LogP contribution in [0.4, 0.5) is 26.8 Å². The maximum Gasteiger partial charge on any atom is 0.410 e. The molecule has 3 aromatic heterocycles. The Kier molecular flexibility index (Phi) is 5.29. The topological polar surface area (TPSA) is 108 Å². The van der Waals surface area contributed by atoms with Crippen LogP contribution in [0.3, 0.4) is 0 Å². The SMILES string of the molecule is Cc1cn2cc(NC(=O)N3CCc4c(N5CCN(C(=O)OC(C)(C)C)C6(CC6)C5)ccnc43)cnc2n1. The number of pyridine rings is 1. The van der Waals surface area contributed by atoms with Gasteiger partial charge < -0.3 is 15.0 Å². The van der Waals surface area contributed by atoms with Crippen LogP contribution in [0.1, 0.15) is 44.9 Å². The van der Waals surface area contributed by atoms with E-state index in [1.165, 1.54) is 0 Å². The number of imidazole rings is 1. The van der Waals surface area contributed by atoms with Crippen LogP contribution in [0.15, 0.2) is 30.9 Å². The largest absolute Gasteiger partial charge is 0.444 e. The molecule has 1 saturated heterocycles. The summed E-state index contributed by atoms with van der Waals surface area (Å²) in [5.74, 6) is 1.27. The van der Waals surface area contributed by atoms with Crippen LogP contribution >= 0.6 is 0 Å². The molecule has 3 amide bonds. The molecule has 1 spiro atoms. The molecule has 11 nitrogen and oxygen atoms in total. The molecule has 0 aromatic carbocycles. The molecular formula is C26H32N8O3. The van der Waals surface area contributed by atoms with Crippen molar-refractivity contribution in [3.63, 3.8) is 0 Å². The second-order valence-electron chi connectivity index (χ2n) is 11.2. The molecular weight excluding hydrogens is 472 g/mol. The molecule has 11 heteroatoms. The highest BCUT2D eigenvalue weighted by atomic mass is 16.6. The third-order valence-electron chi connectivity index (χ3n) is 7.21. The highest BCUT2D eigenvalue weighted by molar-refractivity contribution is 6.02. The maximum atomic E-state index is 13.2. The number of rotatable bonds is 2. The summed E-state index contributed by atoms with van der Waals surface area (Å²) in [6.07, 6.45) is 9.49. The molecule has 0 radical (unpaired) electrons. The minimum atomic E-state index is -0.514. The molecule has 0 bridgehead atoms. The normalized spacial score (nSPS) is 18.3. The zero-order valence-electron chi connectivity index (χ0n) is 21.7. The van der Waals surface area contributed by atoms with E-state index in [0.717, 1.165) is 42.8 Å². The fourth-order valence-electron chi connectivity index (χ4n) is 5.38. The minimum Gasteiger partial charge on any atom is -0.444 e. The summed E-state index contributed by atoms with van der Waals surface area (Å²) in [6.45, 7) is 10.2. The van der Waals surface area contributed by atoms with E-state index in [1.807, 2.05) is 44.9 Å². The number of hydrogen-bond donors (Lipinski definition) is 1. The molecule has 1 aliphatic carbocycles. The Hall–Kier alpha value is -3.89. The molecule has 6 rings (SSSR count). The van der Waals surface area contributed by atoms with Gasteiger partial charge in [0.25, 0.3) is 0 Å². The standard InChI is InChI=1S/C26H32N8O3/c1-17-14-32-15-18(13-28-22(32)29-17)30-23(35)33-10-6-19-20(5-9-27-21(19)33)31-11-12-34(26(16-31)7-8-26)24(36)37-25(2,3)4/h5,9,13-15H,6-8,10-12,16H2,1-4H3,(H,30,35). The van der Waals surface area contributed by atoms with Crippen molar-refractivity contribution in [1.82, 2.24) is 24.3 Å². The number of ether oxygens (including phenoxy) is 1. The Morgan fingerprint density at radius 1 is 1.11 bits per heavy atom. The lowest BCUT2D eigenvalue weighted by molar-refractivity contribution is 0.0106. The van der Waals surface area contributed by atoms with Gasteiger partial charge in [0.05, 0.1) is 23.1 Å². The van der Waals surface area contributed by atoms with E-state index in [0.29, 0.717) is 36.9 Å². The lowest BCUT2D eigenvalue weighted by atomic mass is 10.1. The van der Waals surface area contributed by atoms with Gasteiger partial charge in [-0.1, -0.05) is 0 Å². The smallest absolute Gasteiger partial charge is 0.410 e. The Morgan fingerprint density at radius 3 is 2.68 bits per heavy atom. The molecule has 1 N–H and O–H groups in total. The van der Waals surface area contributed by atoms with Crippen LogP contribution in [-0.4, -0.2) is 73.7 Å². The van der Waals surface area contributed by atoms with E-state index in [1.54, 1.807) is 27.9 Å². The van der Waals surface area contributed by atoms with Crippen LogP contribution in [0.2, 0.25) is 0 Å². The van der Waals surface area contributed by atoms with Gasteiger partial charge in [-0.3, -0.25) is 14.2 Å². The summed E-state index contributed by atoms with van der Waals surface area (Å²) in [5, 5.41) is 2.95. The van der Waals surface area contributed by atoms with Gasteiger partial charge >= 0.3 is 12.1 Å². The minimum absolute atomic E-state index is 0.177. The van der Waals surface area contributed by atoms with Crippen molar-refractivity contribution in [2.24, 2.45) is 0 Å². The number of carbonyl (C=O) groups is 2. The fraction of sp³-hybridized carbons (Fsp3) is 0.500. The average molecular weight is 505 g/mol. The molecule has 1 saturated carbocycles. The molecule has 5 heterocycles. The van der Waals surface area contributed by atoms with Crippen LogP contribution in [-0.2, 0) is 11.2 Å². The van der Waals surface area contributed by atoms with Crippen molar-refractivity contribution in [2.45, 2.75) is 58.1 Å². The third-order valence-corrected chi connectivity index (χ3v) is 7.21. The van der Waals surface area contributed by atoms with E-state index in [2.05, 4.69) is 25.2 Å². The van der Waals surface area contributed by atoms with Crippen molar-refractivity contribution in [3.05, 3.63) is 42.1 Å². The van der Waals surface area contributed by atoms with Crippen LogP contribution in [0.5, 0.6) is 0 Å². The molecule has 37 heavy (non-hydrogen) atoms. The summed E-state index contributed by atoms with van der Waals surface area (Å²) in [4.78, 5) is 45.2. The highest BCUT2D eigenvalue weighted by Gasteiger charge is 2.54. The monoisotopic (exact) mass is 504 g/mol. The van der Waals surface area contributed by atoms with Crippen LogP contribution < -0.4 is 15.1 Å². The number of anilines is 3.